The Bertz CT molecular complexity index is 1530. The van der Waals surface area contributed by atoms with Crippen molar-refractivity contribution in [3.8, 4) is 6.07 Å². The third-order valence-corrected chi connectivity index (χ3v) is 9.40. The zero-order valence-corrected chi connectivity index (χ0v) is 26.5. The normalized spacial score (nSPS) is 23.9. The fraction of sp³-hybridized carbons (Fsp3) is 0.517. The summed E-state index contributed by atoms with van der Waals surface area (Å²) in [6.45, 7) is 7.89. The lowest BCUT2D eigenvalue weighted by atomic mass is 10.0. The van der Waals surface area contributed by atoms with Crippen molar-refractivity contribution in [2.45, 2.75) is 77.1 Å². The number of hydrogen-bond donors (Lipinski definition) is 2. The van der Waals surface area contributed by atoms with Crippen LogP contribution in [0.1, 0.15) is 59.0 Å². The van der Waals surface area contributed by atoms with Gasteiger partial charge in [0, 0.05) is 33.2 Å². The molecule has 2 bridgehead atoms. The predicted octanol–water partition coefficient (Wildman–Crippen LogP) is 3.48. The van der Waals surface area contributed by atoms with E-state index in [4.69, 9.17) is 21.8 Å². The predicted molar refractivity (Wildman–Crippen MR) is 163 cm³/mol. The van der Waals surface area contributed by atoms with Crippen LogP contribution in [-0.2, 0) is 18.6 Å². The van der Waals surface area contributed by atoms with E-state index in [1.807, 2.05) is 33.8 Å². The molecular formula is C29H39N8O6P. The second kappa shape index (κ2) is 14.0. The van der Waals surface area contributed by atoms with Gasteiger partial charge in [0.1, 0.15) is 18.5 Å². The number of likely N-dealkylation sites (N-methyl/N-ethyl adjacent to an activating group) is 1. The van der Waals surface area contributed by atoms with E-state index in [1.54, 1.807) is 40.8 Å². The lowest BCUT2D eigenvalue weighted by Crippen LogP contribution is -2.47. The Morgan fingerprint density at radius 3 is 2.66 bits per heavy atom. The molecule has 14 nitrogen and oxygen atoms in total. The maximum Gasteiger partial charge on any atom is 0.259 e. The average molecular weight is 630 g/mol. The number of hydrogen-bond acceptors (Lipinski definition) is 11. The number of ether oxygens (including phenoxy) is 1. The van der Waals surface area contributed by atoms with E-state index in [-0.39, 0.29) is 49.6 Å². The number of carbonyl (C=O) groups is 2. The van der Waals surface area contributed by atoms with Gasteiger partial charge >= 0.3 is 0 Å². The van der Waals surface area contributed by atoms with Crippen LogP contribution in [0.2, 0.25) is 0 Å². The van der Waals surface area contributed by atoms with Gasteiger partial charge in [-0.1, -0.05) is 18.2 Å². The quantitative estimate of drug-likeness (QED) is 0.235. The molecule has 3 aromatic rings. The third-order valence-electron chi connectivity index (χ3n) is 7.29. The molecule has 4 heterocycles. The maximum absolute atomic E-state index is 13.5. The minimum absolute atomic E-state index is 0.0446. The average Bonchev–Trinajstić information content (AvgIpc) is 3.66. The number of nitrogens with zero attached hydrogens (tertiary/aromatic N) is 7. The highest BCUT2D eigenvalue weighted by Crippen LogP contribution is 2.56. The SMILES string of the molecule is [2H]C[C@@]12O[C@@H](n3cnc4c(NC(=O)c5ccccc5)ncnc43)[C@@H]([C@@H]1OP(OCCC#N)N(C(C)C)C(C)C)N(C)C2=O.[3H]OC. The number of morpholine rings is 1. The number of likely N-dealkylation sites (tertiary alicyclic amines) is 1. The van der Waals surface area contributed by atoms with E-state index in [0.29, 0.717) is 16.7 Å². The van der Waals surface area contributed by atoms with Crippen LogP contribution in [0.5, 0.6) is 0 Å². The molecule has 0 aliphatic carbocycles. The first-order valence-electron chi connectivity index (χ1n) is 15.2. The van der Waals surface area contributed by atoms with Crippen molar-refractivity contribution in [2.75, 3.05) is 26.1 Å². The van der Waals surface area contributed by atoms with E-state index in [9.17, 15) is 9.59 Å². The number of carbonyl (C=O) groups excluding carboxylic acids is 2. The number of imidazole rings is 1. The molecule has 2 aliphatic heterocycles. The standard InChI is InChI=1S/C28H35N8O5P.CH4O/c1-17(2)36(18(3)4)42(39-14-10-13-29)41-22-21-26(40-28(22,5)27(38)34(21)6)35-16-32-20-23(30-15-31-24(20)35)33-25(37)19-11-8-7-9-12-19;1-2/h7-9,11-12,15-18,21-22,26H,10,14H2,1-6H3,(H,30,31,33,37);2H,1H3/t21-,22+,26-,28-,42?;/m1./s1/i5D;2T. The van der Waals surface area contributed by atoms with Crippen molar-refractivity contribution in [3.63, 3.8) is 0 Å². The zero-order chi connectivity index (χ0) is 33.6. The highest BCUT2D eigenvalue weighted by atomic mass is 31.2. The molecule has 1 aromatic carbocycles. The number of amides is 2. The summed E-state index contributed by atoms with van der Waals surface area (Å²) in [5.41, 5.74) is -0.392. The largest absolute Gasteiger partial charge is 0.400 e. The third kappa shape index (κ3) is 6.17. The highest BCUT2D eigenvalue weighted by Gasteiger charge is 2.68. The van der Waals surface area contributed by atoms with Crippen molar-refractivity contribution in [1.29, 1.82) is 6.69 Å². The summed E-state index contributed by atoms with van der Waals surface area (Å²) in [5, 5.41) is 15.4. The Labute approximate surface area is 260 Å². The number of fused-ring (bicyclic) bond motifs is 3. The van der Waals surface area contributed by atoms with Gasteiger partial charge in [0.05, 0.1) is 25.4 Å². The van der Waals surface area contributed by atoms with Crippen LogP contribution >= 0.6 is 8.53 Å². The molecule has 236 valence electrons. The molecule has 0 radical (unpaired) electrons. The summed E-state index contributed by atoms with van der Waals surface area (Å²) in [6, 6.07) is 10.3. The van der Waals surface area contributed by atoms with Crippen LogP contribution in [0, 0.1) is 11.3 Å². The number of nitrogens with one attached hydrogen (secondary N) is 1. The van der Waals surface area contributed by atoms with Gasteiger partial charge in [-0.3, -0.25) is 14.2 Å². The van der Waals surface area contributed by atoms with Crippen molar-refractivity contribution in [1.82, 2.24) is 29.1 Å². The number of rotatable bonds is 11. The molecular weight excluding hydrogens is 587 g/mol. The van der Waals surface area contributed by atoms with E-state index >= 15 is 0 Å². The van der Waals surface area contributed by atoms with Gasteiger partial charge in [0.25, 0.3) is 20.3 Å². The number of nitriles is 1. The first-order chi connectivity index (χ1) is 22.1. The fourth-order valence-electron chi connectivity index (χ4n) is 5.44. The number of aliphatic hydroxyl groups excluding tert-OH is 1. The van der Waals surface area contributed by atoms with Crippen LogP contribution in [0.3, 0.4) is 0 Å². The maximum atomic E-state index is 13.5. The number of anilines is 1. The molecule has 2 aromatic heterocycles. The molecule has 15 heteroatoms. The Hall–Kier alpha value is -3.57. The second-order valence-electron chi connectivity index (χ2n) is 10.7. The van der Waals surface area contributed by atoms with Crippen LogP contribution in [0.25, 0.3) is 11.2 Å². The smallest absolute Gasteiger partial charge is 0.259 e. The molecule has 2 saturated heterocycles. The monoisotopic (exact) mass is 629 g/mol. The second-order valence-corrected chi connectivity index (χ2v) is 12.2. The summed E-state index contributed by atoms with van der Waals surface area (Å²) in [4.78, 5) is 41.0. The first kappa shape index (κ1) is 30.5. The van der Waals surface area contributed by atoms with Gasteiger partial charge in [-0.05, 0) is 46.7 Å². The molecule has 0 saturated carbocycles. The van der Waals surface area contributed by atoms with E-state index in [1.165, 1.54) is 19.8 Å². The molecule has 44 heavy (non-hydrogen) atoms. The molecule has 0 spiro atoms. The topological polar surface area (TPSA) is 168 Å². The summed E-state index contributed by atoms with van der Waals surface area (Å²) in [6.07, 6.45) is 1.39. The first-order valence-corrected chi connectivity index (χ1v) is 15.2. The van der Waals surface area contributed by atoms with Crippen molar-refractivity contribution >= 4 is 37.3 Å². The molecule has 5 rings (SSSR count). The highest BCUT2D eigenvalue weighted by molar-refractivity contribution is 7.44. The minimum Gasteiger partial charge on any atom is -0.400 e. The molecule has 2 aliphatic rings. The Balaban J connectivity index is 0.00000154. The van der Waals surface area contributed by atoms with E-state index in [0.717, 1.165) is 0 Å². The fourth-order valence-corrected chi connectivity index (χ4v) is 7.23. The number of aliphatic hydroxyl groups is 1. The minimum atomic E-state index is -1.72. The molecule has 2 fully saturated rings. The molecule has 1 unspecified atom stereocenters. The summed E-state index contributed by atoms with van der Waals surface area (Å²) in [7, 11) is 1.23. The van der Waals surface area contributed by atoms with Gasteiger partial charge in [-0.25, -0.2) is 19.6 Å². The summed E-state index contributed by atoms with van der Waals surface area (Å²) >= 11 is 0. The van der Waals surface area contributed by atoms with Crippen molar-refractivity contribution in [3.05, 3.63) is 48.5 Å². The van der Waals surface area contributed by atoms with E-state index < -0.39 is 32.5 Å². The zero-order valence-electron chi connectivity index (χ0n) is 27.6. The van der Waals surface area contributed by atoms with Gasteiger partial charge in [0.15, 0.2) is 28.8 Å². The lowest BCUT2D eigenvalue weighted by molar-refractivity contribution is -0.170. The van der Waals surface area contributed by atoms with Crippen LogP contribution in [0.15, 0.2) is 43.0 Å². The molecule has 2 amide bonds. The Morgan fingerprint density at radius 1 is 1.32 bits per heavy atom. The van der Waals surface area contributed by atoms with Crippen molar-refractivity contribution < 1.29 is 29.9 Å². The Kier molecular flexibility index (Phi) is 9.71. The number of benzene rings is 1. The van der Waals surface area contributed by atoms with Gasteiger partial charge in [-0.2, -0.15) is 5.26 Å². The van der Waals surface area contributed by atoms with E-state index in [2.05, 4.69) is 36.1 Å². The van der Waals surface area contributed by atoms with Gasteiger partial charge < -0.3 is 29.1 Å². The van der Waals surface area contributed by atoms with Crippen LogP contribution in [0.4, 0.5) is 5.82 Å². The molecule has 5 atom stereocenters. The van der Waals surface area contributed by atoms with Gasteiger partial charge in [0.2, 0.25) is 1.43 Å². The van der Waals surface area contributed by atoms with Crippen LogP contribution < -0.4 is 5.32 Å². The molecule has 2 N–H and O–H groups in total. The summed E-state index contributed by atoms with van der Waals surface area (Å²) < 4.78 is 37.1. The lowest BCUT2D eigenvalue weighted by Gasteiger charge is -2.37. The number of aromatic nitrogens is 4. The Morgan fingerprint density at radius 2 is 2.02 bits per heavy atom. The van der Waals surface area contributed by atoms with Crippen LogP contribution in [-0.4, -0.2) is 98.0 Å². The van der Waals surface area contributed by atoms with Gasteiger partial charge in [-0.15, -0.1) is 0 Å². The summed E-state index contributed by atoms with van der Waals surface area (Å²) in [5.74, 6) is -0.466. The van der Waals surface area contributed by atoms with Crippen molar-refractivity contribution in [2.24, 2.45) is 0 Å².